The Bertz CT molecular complexity index is 687. The van der Waals surface area contributed by atoms with Gasteiger partial charge in [0.25, 0.3) is 0 Å². The molecule has 25 heavy (non-hydrogen) atoms. The summed E-state index contributed by atoms with van der Waals surface area (Å²) in [6, 6.07) is 4.35. The van der Waals surface area contributed by atoms with Gasteiger partial charge < -0.3 is 15.2 Å². The van der Waals surface area contributed by atoms with E-state index >= 15 is 0 Å². The summed E-state index contributed by atoms with van der Waals surface area (Å²) in [7, 11) is -1.47. The van der Waals surface area contributed by atoms with Crippen LogP contribution in [0.2, 0.25) is 0 Å². The minimum absolute atomic E-state index is 0.0539. The van der Waals surface area contributed by atoms with E-state index in [0.29, 0.717) is 6.42 Å². The quantitative estimate of drug-likeness (QED) is 0.604. The molecule has 0 heterocycles. The first-order chi connectivity index (χ1) is 11.7. The number of esters is 2. The monoisotopic (exact) mass is 372 g/mol. The zero-order valence-electron chi connectivity index (χ0n) is 14.5. The first-order valence-corrected chi connectivity index (χ1v) is 9.19. The normalized spacial score (nSPS) is 13.8. The molecule has 0 unspecified atom stereocenters. The van der Waals surface area contributed by atoms with Crippen LogP contribution in [-0.4, -0.2) is 46.7 Å². The van der Waals surface area contributed by atoms with E-state index in [0.717, 1.165) is 5.56 Å². The van der Waals surface area contributed by atoms with Crippen LogP contribution in [0.25, 0.3) is 0 Å². The van der Waals surface area contributed by atoms with Crippen molar-refractivity contribution in [3.63, 3.8) is 0 Å². The molecule has 1 aromatic carbocycles. The maximum absolute atomic E-state index is 12.4. The Labute approximate surface area is 147 Å². The second kappa shape index (κ2) is 9.50. The lowest BCUT2D eigenvalue weighted by Crippen LogP contribution is -2.41. The molecule has 1 aromatic rings. The number of hydrogen-bond acceptors (Lipinski definition) is 7. The highest BCUT2D eigenvalue weighted by molar-refractivity contribution is 7.89. The minimum atomic E-state index is -3.88. The average Bonchev–Trinajstić information content (AvgIpc) is 2.59. The minimum Gasteiger partial charge on any atom is -0.468 e. The molecule has 2 atom stereocenters. The fourth-order valence-electron chi connectivity index (χ4n) is 2.15. The van der Waals surface area contributed by atoms with Gasteiger partial charge in [-0.25, -0.2) is 8.42 Å². The summed E-state index contributed by atoms with van der Waals surface area (Å²) in [5.41, 5.74) is 6.54. The maximum Gasteiger partial charge on any atom is 0.323 e. The van der Waals surface area contributed by atoms with Crippen molar-refractivity contribution in [3.8, 4) is 0 Å². The number of benzene rings is 1. The Morgan fingerprint density at radius 2 is 1.64 bits per heavy atom. The van der Waals surface area contributed by atoms with Gasteiger partial charge in [-0.2, -0.15) is 4.72 Å². The maximum atomic E-state index is 12.4. The molecule has 0 radical (unpaired) electrons. The fraction of sp³-hybridized carbons (Fsp3) is 0.500. The molecule has 8 nitrogen and oxygen atoms in total. The van der Waals surface area contributed by atoms with Crippen molar-refractivity contribution in [2.45, 2.75) is 43.2 Å². The van der Waals surface area contributed by atoms with Crippen molar-refractivity contribution in [3.05, 3.63) is 29.8 Å². The van der Waals surface area contributed by atoms with Gasteiger partial charge in [-0.3, -0.25) is 9.59 Å². The second-order valence-electron chi connectivity index (χ2n) is 5.57. The number of rotatable bonds is 9. The van der Waals surface area contributed by atoms with Crippen molar-refractivity contribution in [1.82, 2.24) is 4.72 Å². The number of carbonyl (C=O) groups is 2. The number of hydrogen-bond donors (Lipinski definition) is 2. The van der Waals surface area contributed by atoms with E-state index in [4.69, 9.17) is 5.73 Å². The second-order valence-corrected chi connectivity index (χ2v) is 7.28. The highest BCUT2D eigenvalue weighted by Gasteiger charge is 2.26. The molecule has 0 saturated heterocycles. The van der Waals surface area contributed by atoms with Gasteiger partial charge in [0.1, 0.15) is 12.1 Å². The summed E-state index contributed by atoms with van der Waals surface area (Å²) in [4.78, 5) is 23.2. The molecule has 0 saturated carbocycles. The van der Waals surface area contributed by atoms with Gasteiger partial charge in [0.2, 0.25) is 10.0 Å². The van der Waals surface area contributed by atoms with Crippen LogP contribution in [0.4, 0.5) is 0 Å². The van der Waals surface area contributed by atoms with Gasteiger partial charge in [0, 0.05) is 0 Å². The molecule has 9 heteroatoms. The summed E-state index contributed by atoms with van der Waals surface area (Å²) >= 11 is 0. The van der Waals surface area contributed by atoms with Crippen molar-refractivity contribution < 1.29 is 27.5 Å². The van der Waals surface area contributed by atoms with Gasteiger partial charge in [-0.05, 0) is 38.3 Å². The summed E-state index contributed by atoms with van der Waals surface area (Å²) in [5.74, 6) is -1.27. The SMILES string of the molecule is COC(=O)[C@H](N)CCC[C@H](NS(=O)(=O)c1ccc(C)cc1)C(=O)OC. The van der Waals surface area contributed by atoms with Gasteiger partial charge in [-0.15, -0.1) is 0 Å². The summed E-state index contributed by atoms with van der Waals surface area (Å²) < 4.78 is 36.3. The summed E-state index contributed by atoms with van der Waals surface area (Å²) in [6.07, 6.45) is 0.737. The lowest BCUT2D eigenvalue weighted by atomic mass is 10.1. The predicted octanol–water partition coefficient (Wildman–Crippen LogP) is 0.486. The van der Waals surface area contributed by atoms with E-state index in [-0.39, 0.29) is 17.7 Å². The Morgan fingerprint density at radius 3 is 2.16 bits per heavy atom. The number of nitrogens with two attached hydrogens (primary N) is 1. The van der Waals surface area contributed by atoms with E-state index in [2.05, 4.69) is 14.2 Å². The Morgan fingerprint density at radius 1 is 1.08 bits per heavy atom. The summed E-state index contributed by atoms with van der Waals surface area (Å²) in [6.45, 7) is 1.84. The molecule has 1 rings (SSSR count). The van der Waals surface area contributed by atoms with E-state index < -0.39 is 34.0 Å². The van der Waals surface area contributed by atoms with Gasteiger partial charge in [0.15, 0.2) is 0 Å². The molecule has 0 amide bonds. The van der Waals surface area contributed by atoms with E-state index in [9.17, 15) is 18.0 Å². The lowest BCUT2D eigenvalue weighted by Gasteiger charge is -2.17. The van der Waals surface area contributed by atoms with Gasteiger partial charge in [0.05, 0.1) is 19.1 Å². The smallest absolute Gasteiger partial charge is 0.323 e. The highest BCUT2D eigenvalue weighted by atomic mass is 32.2. The first-order valence-electron chi connectivity index (χ1n) is 7.71. The number of aryl methyl sites for hydroxylation is 1. The van der Waals surface area contributed by atoms with E-state index in [1.807, 2.05) is 6.92 Å². The third kappa shape index (κ3) is 6.45. The van der Waals surface area contributed by atoms with E-state index in [1.165, 1.54) is 26.4 Å². The largest absolute Gasteiger partial charge is 0.468 e. The molecular weight excluding hydrogens is 348 g/mol. The Kier molecular flexibility index (Phi) is 8.01. The van der Waals surface area contributed by atoms with Crippen LogP contribution < -0.4 is 10.5 Å². The molecule has 0 aliphatic rings. The number of nitrogens with one attached hydrogen (secondary N) is 1. The highest BCUT2D eigenvalue weighted by Crippen LogP contribution is 2.13. The third-order valence-corrected chi connectivity index (χ3v) is 5.11. The molecule has 0 aliphatic heterocycles. The van der Waals surface area contributed by atoms with Crippen LogP contribution in [-0.2, 0) is 29.1 Å². The molecule has 0 spiro atoms. The third-order valence-electron chi connectivity index (χ3n) is 3.63. The molecule has 0 fully saturated rings. The van der Waals surface area contributed by atoms with Crippen molar-refractivity contribution >= 4 is 22.0 Å². The molecule has 140 valence electrons. The van der Waals surface area contributed by atoms with Crippen molar-refractivity contribution in [2.75, 3.05) is 14.2 Å². The number of carbonyl (C=O) groups excluding carboxylic acids is 2. The lowest BCUT2D eigenvalue weighted by molar-refractivity contribution is -0.142. The molecule has 0 aliphatic carbocycles. The molecule has 3 N–H and O–H groups in total. The standard InChI is InChI=1S/C16H24N2O6S/c1-11-7-9-12(10-8-11)25(21,22)18-14(16(20)24-3)6-4-5-13(17)15(19)23-2/h7-10,13-14,18H,4-6,17H2,1-3H3/t13-,14+/m1/s1. The fourth-order valence-corrected chi connectivity index (χ4v) is 3.37. The average molecular weight is 372 g/mol. The van der Waals surface area contributed by atoms with Crippen LogP contribution in [0.15, 0.2) is 29.2 Å². The number of sulfonamides is 1. The topological polar surface area (TPSA) is 125 Å². The van der Waals surface area contributed by atoms with Crippen LogP contribution in [0, 0.1) is 6.92 Å². The Hall–Kier alpha value is -1.97. The molecular formula is C16H24N2O6S. The number of methoxy groups -OCH3 is 2. The van der Waals surface area contributed by atoms with E-state index in [1.54, 1.807) is 12.1 Å². The van der Waals surface area contributed by atoms with Crippen LogP contribution in [0.1, 0.15) is 24.8 Å². The van der Waals surface area contributed by atoms with Gasteiger partial charge >= 0.3 is 11.9 Å². The van der Waals surface area contributed by atoms with Crippen LogP contribution >= 0.6 is 0 Å². The zero-order chi connectivity index (χ0) is 19.0. The van der Waals surface area contributed by atoms with Crippen LogP contribution in [0.3, 0.4) is 0 Å². The predicted molar refractivity (Wildman–Crippen MR) is 91.1 cm³/mol. The van der Waals surface area contributed by atoms with Crippen molar-refractivity contribution in [1.29, 1.82) is 0 Å². The molecule has 0 aromatic heterocycles. The first kappa shape index (κ1) is 21.1. The Balaban J connectivity index is 2.77. The molecule has 0 bridgehead atoms. The summed E-state index contributed by atoms with van der Waals surface area (Å²) in [5, 5.41) is 0. The van der Waals surface area contributed by atoms with Crippen LogP contribution in [0.5, 0.6) is 0 Å². The van der Waals surface area contributed by atoms with Gasteiger partial charge in [-0.1, -0.05) is 17.7 Å². The zero-order valence-corrected chi connectivity index (χ0v) is 15.3. The number of ether oxygens (including phenoxy) is 2. The van der Waals surface area contributed by atoms with Crippen molar-refractivity contribution in [2.24, 2.45) is 5.73 Å².